The van der Waals surface area contributed by atoms with E-state index in [9.17, 15) is 9.18 Å². The van der Waals surface area contributed by atoms with Crippen molar-refractivity contribution in [3.63, 3.8) is 0 Å². The highest BCUT2D eigenvalue weighted by molar-refractivity contribution is 9.10. The number of hydrogen-bond acceptors (Lipinski definition) is 4. The lowest BCUT2D eigenvalue weighted by Crippen LogP contribution is -2.12. The zero-order chi connectivity index (χ0) is 22.5. The van der Waals surface area contributed by atoms with E-state index in [0.717, 1.165) is 12.2 Å². The molecule has 0 saturated carbocycles. The SMILES string of the molecule is CCc1ccc(OCc2ccc(C(=O)Nc3nn(Cc4ccccc4F)cc3Br)o2)cc1. The van der Waals surface area contributed by atoms with Gasteiger partial charge in [-0.1, -0.05) is 37.3 Å². The zero-order valence-corrected chi connectivity index (χ0v) is 18.9. The molecule has 0 atom stereocenters. The van der Waals surface area contributed by atoms with Gasteiger partial charge in [-0.05, 0) is 58.2 Å². The first kappa shape index (κ1) is 21.8. The molecule has 1 amide bonds. The highest BCUT2D eigenvalue weighted by atomic mass is 79.9. The molecule has 164 valence electrons. The number of hydrogen-bond donors (Lipinski definition) is 1. The van der Waals surface area contributed by atoms with Crippen LogP contribution in [0.15, 0.2) is 75.8 Å². The van der Waals surface area contributed by atoms with Crippen LogP contribution in [-0.4, -0.2) is 15.7 Å². The van der Waals surface area contributed by atoms with Gasteiger partial charge in [0, 0.05) is 11.8 Å². The van der Waals surface area contributed by atoms with E-state index in [1.807, 2.05) is 24.3 Å². The van der Waals surface area contributed by atoms with E-state index in [-0.39, 0.29) is 24.7 Å². The molecule has 32 heavy (non-hydrogen) atoms. The second-order valence-electron chi connectivity index (χ2n) is 7.12. The largest absolute Gasteiger partial charge is 0.486 e. The number of nitrogens with one attached hydrogen (secondary N) is 1. The first-order valence-corrected chi connectivity index (χ1v) is 10.9. The summed E-state index contributed by atoms with van der Waals surface area (Å²) in [6.45, 7) is 2.54. The Balaban J connectivity index is 1.36. The lowest BCUT2D eigenvalue weighted by Gasteiger charge is -2.05. The van der Waals surface area contributed by atoms with Gasteiger partial charge in [0.05, 0.1) is 11.0 Å². The monoisotopic (exact) mass is 497 g/mol. The predicted octanol–water partition coefficient (Wildman–Crippen LogP) is 5.82. The van der Waals surface area contributed by atoms with Crippen LogP contribution in [0.5, 0.6) is 5.75 Å². The Labute approximate surface area is 193 Å². The summed E-state index contributed by atoms with van der Waals surface area (Å²) < 4.78 is 27.3. The Bertz CT molecular complexity index is 1220. The average molecular weight is 498 g/mol. The molecule has 0 spiro atoms. The molecule has 0 saturated heterocycles. The maximum absolute atomic E-state index is 13.9. The van der Waals surface area contributed by atoms with Gasteiger partial charge in [0.1, 0.15) is 23.9 Å². The van der Waals surface area contributed by atoms with Crippen LogP contribution in [-0.2, 0) is 19.6 Å². The van der Waals surface area contributed by atoms with Crippen molar-refractivity contribution in [1.82, 2.24) is 9.78 Å². The molecule has 0 aliphatic rings. The molecule has 2 heterocycles. The number of carbonyl (C=O) groups excluding carboxylic acids is 1. The number of amides is 1. The number of anilines is 1. The molecule has 4 rings (SSSR count). The van der Waals surface area contributed by atoms with Gasteiger partial charge in [0.15, 0.2) is 11.6 Å². The maximum atomic E-state index is 13.9. The van der Waals surface area contributed by atoms with Crippen LogP contribution in [0.3, 0.4) is 0 Å². The quantitative estimate of drug-likeness (QED) is 0.333. The summed E-state index contributed by atoms with van der Waals surface area (Å²) in [6, 6.07) is 17.6. The number of ether oxygens (including phenoxy) is 1. The molecule has 0 aliphatic heterocycles. The summed E-state index contributed by atoms with van der Waals surface area (Å²) in [5.74, 6) is 0.960. The lowest BCUT2D eigenvalue weighted by molar-refractivity contribution is 0.0992. The highest BCUT2D eigenvalue weighted by Crippen LogP contribution is 2.23. The van der Waals surface area contributed by atoms with Crippen LogP contribution in [0.2, 0.25) is 0 Å². The van der Waals surface area contributed by atoms with Gasteiger partial charge in [0.25, 0.3) is 5.91 Å². The summed E-state index contributed by atoms with van der Waals surface area (Å²) in [4.78, 5) is 12.6. The number of nitrogens with zero attached hydrogens (tertiary/aromatic N) is 2. The third-order valence-electron chi connectivity index (χ3n) is 4.84. The van der Waals surface area contributed by atoms with Crippen molar-refractivity contribution in [2.45, 2.75) is 26.5 Å². The summed E-state index contributed by atoms with van der Waals surface area (Å²) >= 11 is 3.37. The van der Waals surface area contributed by atoms with E-state index >= 15 is 0 Å². The van der Waals surface area contributed by atoms with Crippen LogP contribution in [0.1, 0.15) is 34.4 Å². The van der Waals surface area contributed by atoms with E-state index in [1.165, 1.54) is 11.6 Å². The molecule has 6 nitrogen and oxygen atoms in total. The summed E-state index contributed by atoms with van der Waals surface area (Å²) in [5, 5.41) is 7.01. The van der Waals surface area contributed by atoms with Gasteiger partial charge < -0.3 is 14.5 Å². The molecule has 0 fully saturated rings. The van der Waals surface area contributed by atoms with Gasteiger partial charge in [-0.2, -0.15) is 5.10 Å². The number of halogens is 2. The number of furan rings is 1. The fourth-order valence-corrected chi connectivity index (χ4v) is 3.50. The molecular weight excluding hydrogens is 477 g/mol. The molecule has 1 N–H and O–H groups in total. The lowest BCUT2D eigenvalue weighted by atomic mass is 10.2. The molecule has 0 aliphatic carbocycles. The van der Waals surface area contributed by atoms with Gasteiger partial charge in [0.2, 0.25) is 0 Å². The zero-order valence-electron chi connectivity index (χ0n) is 17.3. The van der Waals surface area contributed by atoms with Crippen molar-refractivity contribution in [3.8, 4) is 5.75 Å². The summed E-state index contributed by atoms with van der Waals surface area (Å²) in [6.07, 6.45) is 2.64. The van der Waals surface area contributed by atoms with Crippen LogP contribution < -0.4 is 10.1 Å². The summed E-state index contributed by atoms with van der Waals surface area (Å²) in [5.41, 5.74) is 1.73. The summed E-state index contributed by atoms with van der Waals surface area (Å²) in [7, 11) is 0. The third kappa shape index (κ3) is 5.26. The number of benzene rings is 2. The van der Waals surface area contributed by atoms with Crippen LogP contribution in [0, 0.1) is 5.82 Å². The van der Waals surface area contributed by atoms with Crippen molar-refractivity contribution in [1.29, 1.82) is 0 Å². The molecule has 2 aromatic heterocycles. The van der Waals surface area contributed by atoms with Gasteiger partial charge in [-0.25, -0.2) is 4.39 Å². The number of rotatable bonds is 8. The Morgan fingerprint density at radius 1 is 1.16 bits per heavy atom. The van der Waals surface area contributed by atoms with Crippen molar-refractivity contribution in [3.05, 3.63) is 99.8 Å². The van der Waals surface area contributed by atoms with Crippen molar-refractivity contribution >= 4 is 27.7 Å². The van der Waals surface area contributed by atoms with E-state index in [2.05, 4.69) is 33.3 Å². The van der Waals surface area contributed by atoms with Crippen molar-refractivity contribution in [2.75, 3.05) is 5.32 Å². The minimum absolute atomic E-state index is 0.139. The first-order chi connectivity index (χ1) is 15.5. The Morgan fingerprint density at radius 3 is 2.69 bits per heavy atom. The third-order valence-corrected chi connectivity index (χ3v) is 5.42. The van der Waals surface area contributed by atoms with Crippen LogP contribution >= 0.6 is 15.9 Å². The van der Waals surface area contributed by atoms with Crippen LogP contribution in [0.25, 0.3) is 0 Å². The maximum Gasteiger partial charge on any atom is 0.292 e. The fourth-order valence-electron chi connectivity index (χ4n) is 3.09. The second-order valence-corrected chi connectivity index (χ2v) is 7.98. The molecule has 0 unspecified atom stereocenters. The van der Waals surface area contributed by atoms with E-state index in [1.54, 1.807) is 41.2 Å². The number of carbonyl (C=O) groups is 1. The Kier molecular flexibility index (Phi) is 6.70. The van der Waals surface area contributed by atoms with Crippen molar-refractivity contribution in [2.24, 2.45) is 0 Å². The fraction of sp³-hybridized carbons (Fsp3) is 0.167. The Hall–Kier alpha value is -3.39. The standard InChI is InChI=1S/C24H21BrFN3O3/c1-2-16-7-9-18(10-8-16)31-15-19-11-12-22(32-19)24(30)27-23-20(25)14-29(28-23)13-17-5-3-4-6-21(17)26/h3-12,14H,2,13,15H2,1H3,(H,27,28,30). The van der Waals surface area contributed by atoms with E-state index in [4.69, 9.17) is 9.15 Å². The molecule has 8 heteroatoms. The van der Waals surface area contributed by atoms with E-state index in [0.29, 0.717) is 21.6 Å². The molecule has 4 aromatic rings. The molecule has 2 aromatic carbocycles. The number of aromatic nitrogens is 2. The average Bonchev–Trinajstić information content (AvgIpc) is 3.41. The van der Waals surface area contributed by atoms with Crippen molar-refractivity contribution < 1.29 is 18.3 Å². The minimum atomic E-state index is -0.444. The topological polar surface area (TPSA) is 69.3 Å². The smallest absolute Gasteiger partial charge is 0.292 e. The predicted molar refractivity (Wildman–Crippen MR) is 122 cm³/mol. The van der Waals surface area contributed by atoms with E-state index < -0.39 is 5.91 Å². The first-order valence-electron chi connectivity index (χ1n) is 10.1. The van der Waals surface area contributed by atoms with Gasteiger partial charge in [-0.15, -0.1) is 0 Å². The normalized spacial score (nSPS) is 10.8. The van der Waals surface area contributed by atoms with Gasteiger partial charge in [-0.3, -0.25) is 9.48 Å². The number of aryl methyl sites for hydroxylation is 1. The molecular formula is C24H21BrFN3O3. The molecule has 0 radical (unpaired) electrons. The minimum Gasteiger partial charge on any atom is -0.486 e. The highest BCUT2D eigenvalue weighted by Gasteiger charge is 2.16. The van der Waals surface area contributed by atoms with Gasteiger partial charge >= 0.3 is 0 Å². The molecule has 0 bridgehead atoms. The second kappa shape index (κ2) is 9.82. The van der Waals surface area contributed by atoms with Crippen LogP contribution in [0.4, 0.5) is 10.2 Å². The Morgan fingerprint density at radius 2 is 1.94 bits per heavy atom.